The molecule has 0 bridgehead atoms. The average molecular weight is 534 g/mol. The van der Waals surface area contributed by atoms with E-state index in [0.717, 1.165) is 11.3 Å². The standard InChI is InChI=1S/C29H35N5O5/c1-19-15-34(20(2)18-35)29(37)23-6-5-7-24(32-28(36)25-14-30-12-13-31-25)27(23)39-26(19)17-33(3)16-21-8-10-22(38-4)11-9-21/h5-14,19-20,26,35H,15-18H2,1-4H3,(H,32,36)/t19-,20+,26+/m0/s1. The second kappa shape index (κ2) is 12.7. The van der Waals surface area contributed by atoms with Crippen LogP contribution in [0.15, 0.2) is 61.1 Å². The molecule has 0 saturated heterocycles. The number of anilines is 1. The highest BCUT2D eigenvalue weighted by molar-refractivity contribution is 6.06. The lowest BCUT2D eigenvalue weighted by molar-refractivity contribution is 0.0343. The SMILES string of the molecule is COc1ccc(CN(C)C[C@H]2Oc3c(NC(=O)c4cnccn4)cccc3C(=O)N([C@H](C)CO)C[C@@H]2C)cc1. The second-order valence-electron chi connectivity index (χ2n) is 9.89. The molecule has 4 rings (SSSR count). The Hall–Kier alpha value is -4.02. The zero-order valence-electron chi connectivity index (χ0n) is 22.7. The molecule has 2 heterocycles. The molecule has 0 saturated carbocycles. The van der Waals surface area contributed by atoms with Crippen LogP contribution < -0.4 is 14.8 Å². The molecule has 3 aromatic rings. The van der Waals surface area contributed by atoms with Crippen molar-refractivity contribution in [1.82, 2.24) is 19.8 Å². The predicted octanol–water partition coefficient (Wildman–Crippen LogP) is 3.09. The monoisotopic (exact) mass is 533 g/mol. The zero-order chi connectivity index (χ0) is 27.9. The normalized spacial score (nSPS) is 18.0. The summed E-state index contributed by atoms with van der Waals surface area (Å²) in [6.45, 7) is 5.34. The van der Waals surface area contributed by atoms with Crippen molar-refractivity contribution in [3.63, 3.8) is 0 Å². The Balaban J connectivity index is 1.64. The quantitative estimate of drug-likeness (QED) is 0.431. The van der Waals surface area contributed by atoms with Crippen LogP contribution in [0, 0.1) is 5.92 Å². The summed E-state index contributed by atoms with van der Waals surface area (Å²) in [4.78, 5) is 38.4. The Bertz CT molecular complexity index is 1270. The molecule has 1 aromatic heterocycles. The maximum absolute atomic E-state index is 13.6. The lowest BCUT2D eigenvalue weighted by Crippen LogP contribution is -2.49. The molecule has 10 heteroatoms. The number of methoxy groups -OCH3 is 1. The van der Waals surface area contributed by atoms with Crippen LogP contribution in [0.4, 0.5) is 5.69 Å². The Morgan fingerprint density at radius 1 is 1.26 bits per heavy atom. The van der Waals surface area contributed by atoms with Gasteiger partial charge in [0.1, 0.15) is 17.5 Å². The van der Waals surface area contributed by atoms with Gasteiger partial charge in [0.25, 0.3) is 11.8 Å². The van der Waals surface area contributed by atoms with Crippen LogP contribution >= 0.6 is 0 Å². The molecule has 10 nitrogen and oxygen atoms in total. The number of hydrogen-bond donors (Lipinski definition) is 2. The highest BCUT2D eigenvalue weighted by atomic mass is 16.5. The lowest BCUT2D eigenvalue weighted by Gasteiger charge is -2.38. The van der Waals surface area contributed by atoms with Gasteiger partial charge in [-0.15, -0.1) is 0 Å². The third kappa shape index (κ3) is 6.71. The van der Waals surface area contributed by atoms with Gasteiger partial charge in [-0.3, -0.25) is 19.5 Å². The molecular formula is C29H35N5O5. The van der Waals surface area contributed by atoms with Gasteiger partial charge in [0.05, 0.1) is 37.2 Å². The molecule has 1 aliphatic heterocycles. The minimum Gasteiger partial charge on any atom is -0.497 e. The van der Waals surface area contributed by atoms with E-state index in [1.165, 1.54) is 18.6 Å². The molecule has 0 spiro atoms. The van der Waals surface area contributed by atoms with Crippen molar-refractivity contribution >= 4 is 17.5 Å². The smallest absolute Gasteiger partial charge is 0.275 e. The minimum absolute atomic E-state index is 0.0711. The van der Waals surface area contributed by atoms with Gasteiger partial charge in [0, 0.05) is 37.9 Å². The number of nitrogens with zero attached hydrogens (tertiary/aromatic N) is 4. The fourth-order valence-corrected chi connectivity index (χ4v) is 4.58. The molecule has 0 fully saturated rings. The van der Waals surface area contributed by atoms with Crippen LogP contribution in [0.1, 0.15) is 40.3 Å². The van der Waals surface area contributed by atoms with E-state index in [4.69, 9.17) is 9.47 Å². The highest BCUT2D eigenvalue weighted by Gasteiger charge is 2.34. The summed E-state index contributed by atoms with van der Waals surface area (Å²) in [5.41, 5.74) is 1.96. The van der Waals surface area contributed by atoms with Gasteiger partial charge in [-0.25, -0.2) is 4.98 Å². The van der Waals surface area contributed by atoms with Crippen molar-refractivity contribution in [1.29, 1.82) is 0 Å². The summed E-state index contributed by atoms with van der Waals surface area (Å²) < 4.78 is 11.8. The van der Waals surface area contributed by atoms with Gasteiger partial charge >= 0.3 is 0 Å². The summed E-state index contributed by atoms with van der Waals surface area (Å²) in [7, 11) is 3.66. The first kappa shape index (κ1) is 28.0. The molecule has 39 heavy (non-hydrogen) atoms. The Kier molecular flexibility index (Phi) is 9.11. The lowest BCUT2D eigenvalue weighted by atomic mass is 9.98. The molecule has 2 N–H and O–H groups in total. The van der Waals surface area contributed by atoms with E-state index in [1.807, 2.05) is 45.2 Å². The van der Waals surface area contributed by atoms with Gasteiger partial charge in [0.2, 0.25) is 0 Å². The van der Waals surface area contributed by atoms with Crippen molar-refractivity contribution in [3.8, 4) is 11.5 Å². The van der Waals surface area contributed by atoms with Crippen molar-refractivity contribution in [3.05, 3.63) is 77.9 Å². The van der Waals surface area contributed by atoms with Crippen LogP contribution in [0.25, 0.3) is 0 Å². The number of likely N-dealkylation sites (N-methyl/N-ethyl adjacent to an activating group) is 1. The fraction of sp³-hybridized carbons (Fsp3) is 0.379. The van der Waals surface area contributed by atoms with E-state index < -0.39 is 5.91 Å². The number of benzene rings is 2. The number of carbonyl (C=O) groups excluding carboxylic acids is 2. The first-order chi connectivity index (χ1) is 18.8. The van der Waals surface area contributed by atoms with E-state index in [9.17, 15) is 14.7 Å². The molecular weight excluding hydrogens is 498 g/mol. The first-order valence-corrected chi connectivity index (χ1v) is 12.9. The summed E-state index contributed by atoms with van der Waals surface area (Å²) in [5, 5.41) is 12.7. The fourth-order valence-electron chi connectivity index (χ4n) is 4.58. The largest absolute Gasteiger partial charge is 0.497 e. The second-order valence-corrected chi connectivity index (χ2v) is 9.89. The maximum atomic E-state index is 13.6. The molecule has 0 unspecified atom stereocenters. The first-order valence-electron chi connectivity index (χ1n) is 12.9. The highest BCUT2D eigenvalue weighted by Crippen LogP contribution is 2.35. The van der Waals surface area contributed by atoms with Crippen LogP contribution in [-0.2, 0) is 6.54 Å². The summed E-state index contributed by atoms with van der Waals surface area (Å²) in [5.74, 6) is 0.298. The summed E-state index contributed by atoms with van der Waals surface area (Å²) in [6.07, 6.45) is 3.98. The summed E-state index contributed by atoms with van der Waals surface area (Å²) in [6, 6.07) is 12.6. The number of aliphatic hydroxyl groups is 1. The number of amides is 2. The molecule has 2 aromatic carbocycles. The average Bonchev–Trinajstić information content (AvgIpc) is 2.95. The van der Waals surface area contributed by atoms with Crippen LogP contribution in [0.5, 0.6) is 11.5 Å². The molecule has 0 radical (unpaired) electrons. The number of para-hydroxylation sites is 1. The number of fused-ring (bicyclic) bond motifs is 1. The van der Waals surface area contributed by atoms with E-state index in [0.29, 0.717) is 36.6 Å². The Labute approximate surface area is 228 Å². The minimum atomic E-state index is -0.462. The van der Waals surface area contributed by atoms with Crippen molar-refractivity contribution in [2.75, 3.05) is 39.2 Å². The number of nitrogens with one attached hydrogen (secondary N) is 1. The molecule has 3 atom stereocenters. The van der Waals surface area contributed by atoms with Crippen LogP contribution in [0.3, 0.4) is 0 Å². The van der Waals surface area contributed by atoms with E-state index >= 15 is 0 Å². The Morgan fingerprint density at radius 2 is 2.03 bits per heavy atom. The van der Waals surface area contributed by atoms with E-state index in [-0.39, 0.29) is 36.3 Å². The van der Waals surface area contributed by atoms with Gasteiger partial charge in [0.15, 0.2) is 5.75 Å². The third-order valence-electron chi connectivity index (χ3n) is 6.84. The van der Waals surface area contributed by atoms with Crippen LogP contribution in [0.2, 0.25) is 0 Å². The number of hydrogen-bond acceptors (Lipinski definition) is 8. The molecule has 2 amide bonds. The Morgan fingerprint density at radius 3 is 2.69 bits per heavy atom. The van der Waals surface area contributed by atoms with E-state index in [1.54, 1.807) is 30.2 Å². The van der Waals surface area contributed by atoms with Crippen molar-refractivity contribution in [2.45, 2.75) is 32.5 Å². The van der Waals surface area contributed by atoms with Crippen LogP contribution in [-0.4, -0.2) is 82.7 Å². The topological polar surface area (TPSA) is 117 Å². The van der Waals surface area contributed by atoms with Gasteiger partial charge < -0.3 is 24.8 Å². The van der Waals surface area contributed by atoms with Gasteiger partial charge in [-0.2, -0.15) is 0 Å². The van der Waals surface area contributed by atoms with E-state index in [2.05, 4.69) is 20.2 Å². The van der Waals surface area contributed by atoms with Gasteiger partial charge in [-0.1, -0.05) is 25.1 Å². The number of carbonyl (C=O) groups is 2. The molecule has 206 valence electrons. The van der Waals surface area contributed by atoms with Crippen molar-refractivity contribution in [2.24, 2.45) is 5.92 Å². The summed E-state index contributed by atoms with van der Waals surface area (Å²) >= 11 is 0. The predicted molar refractivity (Wildman–Crippen MR) is 147 cm³/mol. The van der Waals surface area contributed by atoms with Crippen molar-refractivity contribution < 1.29 is 24.2 Å². The number of rotatable bonds is 9. The number of ether oxygens (including phenoxy) is 2. The molecule has 1 aliphatic rings. The maximum Gasteiger partial charge on any atom is 0.275 e. The van der Waals surface area contributed by atoms with Gasteiger partial charge in [-0.05, 0) is 43.8 Å². The third-order valence-corrected chi connectivity index (χ3v) is 6.84. The zero-order valence-corrected chi connectivity index (χ0v) is 22.7. The number of aliphatic hydroxyl groups excluding tert-OH is 1. The molecule has 0 aliphatic carbocycles. The number of aromatic nitrogens is 2.